The number of hydrogen-bond acceptors (Lipinski definition) is 4. The lowest BCUT2D eigenvalue weighted by Gasteiger charge is -2.15. The molecule has 0 aliphatic heterocycles. The highest BCUT2D eigenvalue weighted by Gasteiger charge is 2.24. The summed E-state index contributed by atoms with van der Waals surface area (Å²) in [6.07, 6.45) is 1.61. The van der Waals surface area contributed by atoms with E-state index < -0.39 is 6.80 Å². The lowest BCUT2D eigenvalue weighted by atomic mass is 10.3. The summed E-state index contributed by atoms with van der Waals surface area (Å²) in [6.45, 7) is -3.23. The van der Waals surface area contributed by atoms with Crippen LogP contribution in [0, 0.1) is 0 Å². The van der Waals surface area contributed by atoms with Crippen molar-refractivity contribution in [3.05, 3.63) is 27.2 Å². The normalized spacial score (nSPS) is 14.6. The number of hydrogen-bond donors (Lipinski definition) is 0. The minimum atomic E-state index is -3.23. The van der Waals surface area contributed by atoms with Crippen molar-refractivity contribution in [3.8, 4) is 5.75 Å². The molecule has 0 radical (unpaired) electrons. The zero-order chi connectivity index (χ0) is 12.3. The van der Waals surface area contributed by atoms with Gasteiger partial charge in [0.05, 0.1) is 15.1 Å². The fraction of sp³-hybridized carbons (Fsp3) is 0.250. The van der Waals surface area contributed by atoms with Gasteiger partial charge in [0, 0.05) is 13.2 Å². The lowest BCUT2D eigenvalue weighted by Crippen LogP contribution is -1.92. The molecule has 0 bridgehead atoms. The van der Waals surface area contributed by atoms with E-state index in [0.29, 0.717) is 5.02 Å². The molecule has 1 aromatic rings. The van der Waals surface area contributed by atoms with Crippen LogP contribution in [-0.2, 0) is 9.09 Å². The minimum Gasteiger partial charge on any atom is -0.415 e. The number of halogens is 3. The molecule has 0 aliphatic rings. The molecule has 0 saturated heterocycles. The predicted molar refractivity (Wildman–Crippen MR) is 70.2 cm³/mol. The maximum absolute atomic E-state index is 11.9. The molecule has 0 saturated carbocycles. The second-order valence-electron chi connectivity index (χ2n) is 2.60. The second-order valence-corrected chi connectivity index (χ2v) is 8.07. The monoisotopic (exact) mass is 320 g/mol. The van der Waals surface area contributed by atoms with Crippen molar-refractivity contribution in [2.24, 2.45) is 0 Å². The molecule has 3 nitrogen and oxygen atoms in total. The zero-order valence-electron chi connectivity index (χ0n) is 8.37. The van der Waals surface area contributed by atoms with Crippen LogP contribution in [0.2, 0.25) is 15.1 Å². The van der Waals surface area contributed by atoms with Gasteiger partial charge in [0.1, 0.15) is 5.75 Å². The summed E-state index contributed by atoms with van der Waals surface area (Å²) >= 11 is 18.4. The van der Waals surface area contributed by atoms with Crippen molar-refractivity contribution < 1.29 is 13.6 Å². The molecule has 90 valence electrons. The third kappa shape index (κ3) is 3.46. The molecule has 0 spiro atoms. The molecule has 1 atom stereocenters. The molecular weight excluding hydrogens is 313 g/mol. The van der Waals surface area contributed by atoms with Gasteiger partial charge in [0.15, 0.2) is 0 Å². The highest BCUT2D eigenvalue weighted by Crippen LogP contribution is 2.59. The van der Waals surface area contributed by atoms with Gasteiger partial charge in [-0.1, -0.05) is 34.8 Å². The van der Waals surface area contributed by atoms with E-state index in [9.17, 15) is 4.57 Å². The van der Waals surface area contributed by atoms with E-state index in [2.05, 4.69) is 0 Å². The summed E-state index contributed by atoms with van der Waals surface area (Å²) < 4.78 is 21.8. The highest BCUT2D eigenvalue weighted by atomic mass is 35.5. The van der Waals surface area contributed by atoms with Gasteiger partial charge in [-0.15, -0.1) is 0 Å². The summed E-state index contributed by atoms with van der Waals surface area (Å²) in [4.78, 5) is 0. The number of rotatable bonds is 4. The van der Waals surface area contributed by atoms with Crippen LogP contribution >= 0.6 is 53.0 Å². The maximum atomic E-state index is 11.9. The Balaban J connectivity index is 3.06. The molecule has 0 heterocycles. The largest absolute Gasteiger partial charge is 0.439 e. The molecule has 0 fully saturated rings. The molecule has 1 aromatic carbocycles. The van der Waals surface area contributed by atoms with Gasteiger partial charge >= 0.3 is 6.80 Å². The quantitative estimate of drug-likeness (QED) is 0.568. The van der Waals surface area contributed by atoms with E-state index in [1.807, 2.05) is 0 Å². The van der Waals surface area contributed by atoms with Crippen LogP contribution in [0.4, 0.5) is 0 Å². The second kappa shape index (κ2) is 5.85. The first-order valence-corrected chi connectivity index (χ1v) is 8.48. The Morgan fingerprint density at radius 1 is 1.19 bits per heavy atom. The molecule has 8 heteroatoms. The van der Waals surface area contributed by atoms with Gasteiger partial charge in [0.2, 0.25) is 0 Å². The van der Waals surface area contributed by atoms with E-state index in [-0.39, 0.29) is 15.8 Å². The van der Waals surface area contributed by atoms with Crippen molar-refractivity contribution in [2.45, 2.75) is 0 Å². The fourth-order valence-corrected chi connectivity index (χ4v) is 3.07. The minimum absolute atomic E-state index is 0.176. The van der Waals surface area contributed by atoms with E-state index in [0.717, 1.165) is 11.4 Å². The Hall–Kier alpha value is 0.430. The molecule has 0 aliphatic carbocycles. The van der Waals surface area contributed by atoms with Gasteiger partial charge in [0.25, 0.3) is 0 Å². The van der Waals surface area contributed by atoms with Crippen molar-refractivity contribution >= 4 is 53.0 Å². The zero-order valence-corrected chi connectivity index (χ0v) is 12.3. The van der Waals surface area contributed by atoms with Crippen molar-refractivity contribution in [1.82, 2.24) is 0 Å². The Labute approximate surface area is 113 Å². The third-order valence-electron chi connectivity index (χ3n) is 1.63. The van der Waals surface area contributed by atoms with Gasteiger partial charge in [-0.25, -0.2) is 4.57 Å². The third-order valence-corrected chi connectivity index (χ3v) is 5.98. The van der Waals surface area contributed by atoms with Crippen LogP contribution in [0.3, 0.4) is 0 Å². The van der Waals surface area contributed by atoms with Gasteiger partial charge in [-0.05, 0) is 23.7 Å². The SMILES string of the molecule is COP(=O)(Oc1cc(Cl)c(Cl)cc1Cl)SC. The average molecular weight is 322 g/mol. The van der Waals surface area contributed by atoms with Crippen LogP contribution < -0.4 is 4.52 Å². The van der Waals surface area contributed by atoms with Gasteiger partial charge < -0.3 is 4.52 Å². The Kier molecular flexibility index (Phi) is 5.30. The Morgan fingerprint density at radius 2 is 1.75 bits per heavy atom. The van der Waals surface area contributed by atoms with Crippen LogP contribution in [0.1, 0.15) is 0 Å². The average Bonchev–Trinajstić information content (AvgIpc) is 2.25. The molecule has 1 rings (SSSR count). The van der Waals surface area contributed by atoms with Gasteiger partial charge in [-0.3, -0.25) is 4.52 Å². The smallest absolute Gasteiger partial charge is 0.415 e. The van der Waals surface area contributed by atoms with Crippen molar-refractivity contribution in [1.29, 1.82) is 0 Å². The summed E-state index contributed by atoms with van der Waals surface area (Å²) in [7, 11) is 1.29. The molecular formula is C8H8Cl3O3PS. The Bertz CT molecular complexity index is 433. The van der Waals surface area contributed by atoms with E-state index in [1.165, 1.54) is 19.2 Å². The molecule has 0 amide bonds. The first kappa shape index (κ1) is 14.5. The van der Waals surface area contributed by atoms with Gasteiger partial charge in [-0.2, -0.15) is 0 Å². The molecule has 1 unspecified atom stereocenters. The first-order chi connectivity index (χ1) is 7.41. The topological polar surface area (TPSA) is 35.5 Å². The Morgan fingerprint density at radius 3 is 2.25 bits per heavy atom. The van der Waals surface area contributed by atoms with Crippen LogP contribution in [0.5, 0.6) is 5.75 Å². The van der Waals surface area contributed by atoms with E-state index in [4.69, 9.17) is 43.9 Å². The summed E-state index contributed by atoms with van der Waals surface area (Å²) in [5.74, 6) is 0.176. The highest BCUT2D eigenvalue weighted by molar-refractivity contribution is 8.54. The fourth-order valence-electron chi connectivity index (χ4n) is 0.844. The van der Waals surface area contributed by atoms with Crippen LogP contribution in [-0.4, -0.2) is 13.4 Å². The summed E-state index contributed by atoms with van der Waals surface area (Å²) in [5, 5.41) is 0.793. The molecule has 0 aromatic heterocycles. The van der Waals surface area contributed by atoms with Crippen molar-refractivity contribution in [3.63, 3.8) is 0 Å². The predicted octanol–water partition coefficient (Wildman–Crippen LogP) is 5.14. The van der Waals surface area contributed by atoms with Crippen LogP contribution in [0.15, 0.2) is 12.1 Å². The molecule has 0 N–H and O–H groups in total. The van der Waals surface area contributed by atoms with E-state index in [1.54, 1.807) is 6.26 Å². The standard InChI is InChI=1S/C8H8Cl3O3PS/c1-13-15(12,16-2)14-8-4-6(10)5(9)3-7(8)11/h3-4H,1-2H3. The summed E-state index contributed by atoms with van der Waals surface area (Å²) in [5.41, 5.74) is 0. The lowest BCUT2D eigenvalue weighted by molar-refractivity contribution is 0.342. The maximum Gasteiger partial charge on any atom is 0.439 e. The van der Waals surface area contributed by atoms with Crippen LogP contribution in [0.25, 0.3) is 0 Å². The van der Waals surface area contributed by atoms with Crippen molar-refractivity contribution in [2.75, 3.05) is 13.4 Å². The van der Waals surface area contributed by atoms with E-state index >= 15 is 0 Å². The molecule has 16 heavy (non-hydrogen) atoms. The summed E-state index contributed by atoms with van der Waals surface area (Å²) in [6, 6.07) is 2.81. The number of benzene rings is 1. The first-order valence-electron chi connectivity index (χ1n) is 3.97.